The van der Waals surface area contributed by atoms with Crippen LogP contribution >= 0.6 is 0 Å². The van der Waals surface area contributed by atoms with E-state index in [0.29, 0.717) is 12.3 Å². The summed E-state index contributed by atoms with van der Waals surface area (Å²) in [5.41, 5.74) is 1.81. The van der Waals surface area contributed by atoms with E-state index in [-0.39, 0.29) is 5.56 Å². The third-order valence-corrected chi connectivity index (χ3v) is 2.63. The Bertz CT molecular complexity index is 714. The molecule has 0 unspecified atom stereocenters. The molecule has 18 heavy (non-hydrogen) atoms. The molecule has 0 spiro atoms. The number of nitrogens with zero attached hydrogens (tertiary/aromatic N) is 3. The van der Waals surface area contributed by atoms with Crippen molar-refractivity contribution in [3.05, 3.63) is 47.9 Å². The van der Waals surface area contributed by atoms with Crippen molar-refractivity contribution in [1.82, 2.24) is 15.0 Å². The number of para-hydroxylation sites is 1. The maximum absolute atomic E-state index is 10.7. The maximum Gasteiger partial charge on any atom is 0.338 e. The molecule has 3 aromatic rings. The van der Waals surface area contributed by atoms with Crippen LogP contribution in [0, 0.1) is 0 Å². The van der Waals surface area contributed by atoms with Crippen LogP contribution in [0.1, 0.15) is 16.1 Å². The van der Waals surface area contributed by atoms with Crippen LogP contribution in [0.3, 0.4) is 0 Å². The minimum atomic E-state index is -1.01. The Kier molecular flexibility index (Phi) is 2.33. The molecule has 6 heteroatoms. The van der Waals surface area contributed by atoms with Crippen LogP contribution in [0.2, 0.25) is 0 Å². The molecule has 0 radical (unpaired) electrons. The molecule has 0 amide bonds. The van der Waals surface area contributed by atoms with E-state index in [1.165, 1.54) is 12.3 Å². The molecule has 0 aliphatic heterocycles. The second-order valence-corrected chi connectivity index (χ2v) is 3.84. The Hall–Kier alpha value is -2.63. The lowest BCUT2D eigenvalue weighted by Gasteiger charge is -1.97. The number of carboxylic acids is 1. The quantitative estimate of drug-likeness (QED) is 0.758. The fourth-order valence-electron chi connectivity index (χ4n) is 1.76. The summed E-state index contributed by atoms with van der Waals surface area (Å²) in [6, 6.07) is 9.03. The molecule has 3 rings (SSSR count). The van der Waals surface area contributed by atoms with Gasteiger partial charge in [-0.2, -0.15) is 0 Å². The molecule has 0 fully saturated rings. The summed E-state index contributed by atoms with van der Waals surface area (Å²) in [5, 5.41) is 16.8. The third-order valence-electron chi connectivity index (χ3n) is 2.63. The minimum absolute atomic E-state index is 0.134. The molecule has 0 aliphatic rings. The number of aromatic carboxylic acids is 1. The number of furan rings is 1. The number of hydrogen-bond acceptors (Lipinski definition) is 4. The topological polar surface area (TPSA) is 81.1 Å². The first-order valence-corrected chi connectivity index (χ1v) is 5.33. The highest BCUT2D eigenvalue weighted by atomic mass is 16.4. The fraction of sp³-hybridized carbons (Fsp3) is 0.0833. The van der Waals surface area contributed by atoms with Crippen molar-refractivity contribution >= 4 is 17.0 Å². The van der Waals surface area contributed by atoms with Gasteiger partial charge in [0, 0.05) is 0 Å². The van der Waals surface area contributed by atoms with Crippen molar-refractivity contribution in [2.75, 3.05) is 0 Å². The summed E-state index contributed by atoms with van der Waals surface area (Å²) in [7, 11) is 0. The summed E-state index contributed by atoms with van der Waals surface area (Å²) < 4.78 is 6.85. The summed E-state index contributed by atoms with van der Waals surface area (Å²) in [6.45, 7) is 0.355. The fourth-order valence-corrected chi connectivity index (χ4v) is 1.76. The van der Waals surface area contributed by atoms with Crippen molar-refractivity contribution in [1.29, 1.82) is 0 Å². The average molecular weight is 243 g/mol. The molecular weight excluding hydrogens is 234 g/mol. The second-order valence-electron chi connectivity index (χ2n) is 3.84. The van der Waals surface area contributed by atoms with Crippen LogP contribution in [0.25, 0.3) is 11.0 Å². The first-order valence-electron chi connectivity index (χ1n) is 5.33. The highest BCUT2D eigenvalue weighted by molar-refractivity contribution is 5.87. The number of benzene rings is 1. The van der Waals surface area contributed by atoms with Gasteiger partial charge >= 0.3 is 5.97 Å². The molecule has 0 saturated carbocycles. The number of rotatable bonds is 3. The van der Waals surface area contributed by atoms with Gasteiger partial charge in [0.25, 0.3) is 0 Å². The summed E-state index contributed by atoms with van der Waals surface area (Å²) in [5.74, 6) is -0.475. The molecule has 2 aromatic heterocycles. The average Bonchev–Trinajstić information content (AvgIpc) is 2.98. The summed E-state index contributed by atoms with van der Waals surface area (Å²) in [6.07, 6.45) is 1.22. The highest BCUT2D eigenvalue weighted by Gasteiger charge is 2.10. The van der Waals surface area contributed by atoms with E-state index in [2.05, 4.69) is 10.3 Å². The van der Waals surface area contributed by atoms with Gasteiger partial charge in [0.05, 0.1) is 11.1 Å². The highest BCUT2D eigenvalue weighted by Crippen LogP contribution is 2.14. The van der Waals surface area contributed by atoms with E-state index in [0.717, 1.165) is 11.0 Å². The zero-order valence-electron chi connectivity index (χ0n) is 9.28. The van der Waals surface area contributed by atoms with Crippen molar-refractivity contribution in [3.8, 4) is 0 Å². The lowest BCUT2D eigenvalue weighted by atomic mass is 10.3. The lowest BCUT2D eigenvalue weighted by molar-refractivity contribution is 0.0696. The van der Waals surface area contributed by atoms with E-state index in [4.69, 9.17) is 9.52 Å². The Labute approximate surface area is 101 Å². The number of carbonyl (C=O) groups is 1. The molecule has 0 aliphatic carbocycles. The normalized spacial score (nSPS) is 10.9. The van der Waals surface area contributed by atoms with Crippen LogP contribution in [-0.2, 0) is 6.54 Å². The van der Waals surface area contributed by atoms with Crippen LogP contribution in [-0.4, -0.2) is 26.1 Å². The van der Waals surface area contributed by atoms with Crippen LogP contribution in [0.15, 0.2) is 41.0 Å². The zero-order chi connectivity index (χ0) is 12.5. The molecule has 2 heterocycles. The minimum Gasteiger partial charge on any atom is -0.478 e. The first kappa shape index (κ1) is 10.5. The Morgan fingerprint density at radius 2 is 2.22 bits per heavy atom. The maximum atomic E-state index is 10.7. The largest absolute Gasteiger partial charge is 0.478 e. The van der Waals surface area contributed by atoms with Gasteiger partial charge in [0.1, 0.15) is 24.1 Å². The van der Waals surface area contributed by atoms with Crippen LogP contribution < -0.4 is 0 Å². The lowest BCUT2D eigenvalue weighted by Crippen LogP contribution is -2.01. The number of fused-ring (bicyclic) bond motifs is 1. The Balaban J connectivity index is 1.93. The predicted octanol–water partition coefficient (Wildman–Crippen LogP) is 1.77. The van der Waals surface area contributed by atoms with Crippen molar-refractivity contribution in [2.24, 2.45) is 0 Å². The Morgan fingerprint density at radius 3 is 3.00 bits per heavy atom. The first-order chi connectivity index (χ1) is 8.74. The zero-order valence-corrected chi connectivity index (χ0v) is 9.28. The molecule has 1 aromatic carbocycles. The smallest absolute Gasteiger partial charge is 0.338 e. The van der Waals surface area contributed by atoms with E-state index in [9.17, 15) is 4.79 Å². The van der Waals surface area contributed by atoms with Gasteiger partial charge in [0.2, 0.25) is 0 Å². The predicted molar refractivity (Wildman–Crippen MR) is 62.3 cm³/mol. The molecule has 1 N–H and O–H groups in total. The number of aromatic nitrogens is 3. The second kappa shape index (κ2) is 3.99. The van der Waals surface area contributed by atoms with Gasteiger partial charge in [-0.1, -0.05) is 17.3 Å². The van der Waals surface area contributed by atoms with E-state index in [1.54, 1.807) is 4.68 Å². The SMILES string of the molecule is O=C(O)c1coc(Cn2nnc3ccccc32)c1. The van der Waals surface area contributed by atoms with Gasteiger partial charge in [0.15, 0.2) is 0 Å². The van der Waals surface area contributed by atoms with Crippen LogP contribution in [0.5, 0.6) is 0 Å². The third kappa shape index (κ3) is 1.73. The number of carboxylic acid groups (broad SMARTS) is 1. The van der Waals surface area contributed by atoms with Crippen LogP contribution in [0.4, 0.5) is 0 Å². The molecular formula is C12H9N3O3. The van der Waals surface area contributed by atoms with E-state index >= 15 is 0 Å². The number of hydrogen-bond donors (Lipinski definition) is 1. The van der Waals surface area contributed by atoms with Gasteiger partial charge in [-0.25, -0.2) is 9.48 Å². The standard InChI is InChI=1S/C12H9N3O3/c16-12(17)8-5-9(18-7-8)6-15-11-4-2-1-3-10(11)13-14-15/h1-5,7H,6H2,(H,16,17). The molecule has 0 saturated heterocycles. The van der Waals surface area contributed by atoms with Gasteiger partial charge < -0.3 is 9.52 Å². The molecule has 6 nitrogen and oxygen atoms in total. The van der Waals surface area contributed by atoms with E-state index in [1.807, 2.05) is 24.3 Å². The van der Waals surface area contributed by atoms with Crippen molar-refractivity contribution < 1.29 is 14.3 Å². The summed E-state index contributed by atoms with van der Waals surface area (Å²) in [4.78, 5) is 10.7. The molecule has 90 valence electrons. The molecule has 0 atom stereocenters. The van der Waals surface area contributed by atoms with Crippen molar-refractivity contribution in [2.45, 2.75) is 6.54 Å². The van der Waals surface area contributed by atoms with E-state index < -0.39 is 5.97 Å². The molecule has 0 bridgehead atoms. The Morgan fingerprint density at radius 1 is 1.39 bits per heavy atom. The van der Waals surface area contributed by atoms with Crippen molar-refractivity contribution in [3.63, 3.8) is 0 Å². The van der Waals surface area contributed by atoms with Gasteiger partial charge in [-0.05, 0) is 18.2 Å². The summed E-state index contributed by atoms with van der Waals surface area (Å²) >= 11 is 0. The monoisotopic (exact) mass is 243 g/mol. The van der Waals surface area contributed by atoms with Gasteiger partial charge in [-0.3, -0.25) is 0 Å². The van der Waals surface area contributed by atoms with Gasteiger partial charge in [-0.15, -0.1) is 5.10 Å².